The van der Waals surface area contributed by atoms with Gasteiger partial charge in [-0.1, -0.05) is 44.9 Å². The fraction of sp³-hybridized carbons (Fsp3) is 0.476. The van der Waals surface area contributed by atoms with E-state index < -0.39 is 17.9 Å². The zero-order chi connectivity index (χ0) is 20.1. The lowest BCUT2D eigenvalue weighted by Crippen LogP contribution is -2.16. The van der Waals surface area contributed by atoms with Crippen molar-refractivity contribution >= 4 is 17.9 Å². The number of hydrogen-bond donors (Lipinski definition) is 0. The molecule has 0 aliphatic rings. The van der Waals surface area contributed by atoms with Crippen molar-refractivity contribution in [2.24, 2.45) is 0 Å². The van der Waals surface area contributed by atoms with Crippen LogP contribution < -0.4 is 0 Å². The van der Waals surface area contributed by atoms with Crippen LogP contribution in [0.4, 0.5) is 0 Å². The van der Waals surface area contributed by atoms with Crippen LogP contribution in [-0.4, -0.2) is 37.7 Å². The number of carbonyl (C=O) groups is 3. The molecular formula is C21H29O6+. The van der Waals surface area contributed by atoms with Crippen molar-refractivity contribution in [3.63, 3.8) is 0 Å². The molecule has 6 nitrogen and oxygen atoms in total. The minimum absolute atomic E-state index is 0. The minimum atomic E-state index is -0.611. The maximum absolute atomic E-state index is 12.2. The smallest absolute Gasteiger partial charge is 0.462 e. The number of hydrogen-bond acceptors (Lipinski definition) is 6. The summed E-state index contributed by atoms with van der Waals surface area (Å²) in [5.41, 5.74) is 0.663. The van der Waals surface area contributed by atoms with Gasteiger partial charge in [0.05, 0.1) is 30.9 Å². The van der Waals surface area contributed by atoms with Gasteiger partial charge in [-0.25, -0.2) is 14.4 Å². The molecule has 0 aromatic heterocycles. The molecule has 6 heteroatoms. The third-order valence-corrected chi connectivity index (χ3v) is 3.70. The summed E-state index contributed by atoms with van der Waals surface area (Å²) in [5, 5.41) is 0. The molecule has 0 unspecified atom stereocenters. The van der Waals surface area contributed by atoms with Crippen LogP contribution in [0.2, 0.25) is 0 Å². The highest BCUT2D eigenvalue weighted by atomic mass is 16.5. The molecule has 0 radical (unpaired) electrons. The van der Waals surface area contributed by atoms with Crippen LogP contribution in [0.5, 0.6) is 0 Å². The maximum Gasteiger partial charge on any atom is 1.00 e. The summed E-state index contributed by atoms with van der Waals surface area (Å²) in [6.45, 7) is 7.67. The second kappa shape index (κ2) is 12.7. The molecule has 0 aliphatic carbocycles. The van der Waals surface area contributed by atoms with E-state index in [9.17, 15) is 14.4 Å². The van der Waals surface area contributed by atoms with Crippen molar-refractivity contribution in [1.82, 2.24) is 0 Å². The summed E-state index contributed by atoms with van der Waals surface area (Å²) in [7, 11) is 0. The molecule has 148 valence electrons. The van der Waals surface area contributed by atoms with Crippen molar-refractivity contribution in [1.29, 1.82) is 0 Å². The molecule has 27 heavy (non-hydrogen) atoms. The van der Waals surface area contributed by atoms with E-state index in [0.717, 1.165) is 25.7 Å². The predicted molar refractivity (Wildman–Crippen MR) is 103 cm³/mol. The quantitative estimate of drug-likeness (QED) is 0.235. The van der Waals surface area contributed by atoms with Crippen LogP contribution in [0.25, 0.3) is 0 Å². The van der Waals surface area contributed by atoms with Gasteiger partial charge in [-0.3, -0.25) is 0 Å². The van der Waals surface area contributed by atoms with Gasteiger partial charge in [0.1, 0.15) is 0 Å². The van der Waals surface area contributed by atoms with Crippen LogP contribution in [0, 0.1) is 0 Å². The van der Waals surface area contributed by atoms with Gasteiger partial charge in [-0.05, 0) is 25.5 Å². The molecule has 0 fully saturated rings. The standard InChI is InChI=1S/C21H28O6/c1-4-5-6-9-13-26-20(23)17-11-7-8-12-18(17)21(24)27-15-10-14-25-19(22)16(2)3/h7-8,11-12H,2,4-6,9-10,13-15H2,1,3H3/p+1. The van der Waals surface area contributed by atoms with Gasteiger partial charge in [-0.15, -0.1) is 0 Å². The average molecular weight is 377 g/mol. The summed E-state index contributed by atoms with van der Waals surface area (Å²) >= 11 is 0. The molecule has 1 aromatic rings. The Bertz CT molecular complexity index is 656. The SMILES string of the molecule is C=C(C)C(=O)OCCCOC(=O)c1ccccc1C(=O)OCCCCCC.[H+]. The lowest BCUT2D eigenvalue weighted by molar-refractivity contribution is -0.139. The van der Waals surface area contributed by atoms with Crippen LogP contribution in [0.1, 0.15) is 68.1 Å². The number of ether oxygens (including phenoxy) is 3. The summed E-state index contributed by atoms with van der Waals surface area (Å²) in [4.78, 5) is 35.7. The van der Waals surface area contributed by atoms with Crippen molar-refractivity contribution in [2.45, 2.75) is 46.0 Å². The lowest BCUT2D eigenvalue weighted by Gasteiger charge is -2.10. The average Bonchev–Trinajstić information content (AvgIpc) is 2.66. The maximum atomic E-state index is 12.2. The number of unbranched alkanes of at least 4 members (excludes halogenated alkanes) is 3. The first-order chi connectivity index (χ1) is 13.0. The second-order valence-corrected chi connectivity index (χ2v) is 6.15. The number of benzene rings is 1. The normalized spacial score (nSPS) is 10.1. The van der Waals surface area contributed by atoms with Gasteiger partial charge in [-0.2, -0.15) is 0 Å². The van der Waals surface area contributed by atoms with E-state index in [0.29, 0.717) is 18.6 Å². The van der Waals surface area contributed by atoms with Crippen LogP contribution in [0.15, 0.2) is 36.4 Å². The van der Waals surface area contributed by atoms with Crippen molar-refractivity contribution in [3.05, 3.63) is 47.5 Å². The van der Waals surface area contributed by atoms with Crippen LogP contribution >= 0.6 is 0 Å². The van der Waals surface area contributed by atoms with E-state index >= 15 is 0 Å². The Morgan fingerprint density at radius 2 is 1.37 bits per heavy atom. The monoisotopic (exact) mass is 377 g/mol. The molecule has 0 aliphatic heterocycles. The molecule has 0 heterocycles. The van der Waals surface area contributed by atoms with Gasteiger partial charge in [0.2, 0.25) is 0 Å². The third kappa shape index (κ3) is 8.53. The second-order valence-electron chi connectivity index (χ2n) is 6.15. The largest absolute Gasteiger partial charge is 1.00 e. The summed E-state index contributed by atoms with van der Waals surface area (Å²) in [6, 6.07) is 6.39. The Labute approximate surface area is 162 Å². The fourth-order valence-electron chi connectivity index (χ4n) is 2.20. The highest BCUT2D eigenvalue weighted by Crippen LogP contribution is 2.13. The Hall–Kier alpha value is -2.63. The first kappa shape index (κ1) is 22.4. The molecule has 0 atom stereocenters. The van der Waals surface area contributed by atoms with Crippen LogP contribution in [0.3, 0.4) is 0 Å². The van der Waals surface area contributed by atoms with E-state index in [4.69, 9.17) is 14.2 Å². The molecule has 0 saturated carbocycles. The highest BCUT2D eigenvalue weighted by Gasteiger charge is 2.18. The van der Waals surface area contributed by atoms with Gasteiger partial charge in [0.15, 0.2) is 0 Å². The van der Waals surface area contributed by atoms with E-state index in [2.05, 4.69) is 13.5 Å². The first-order valence-corrected chi connectivity index (χ1v) is 9.23. The number of carbonyl (C=O) groups excluding carboxylic acids is 3. The van der Waals surface area contributed by atoms with Gasteiger partial charge in [0.25, 0.3) is 0 Å². The first-order valence-electron chi connectivity index (χ1n) is 9.23. The van der Waals surface area contributed by atoms with E-state index in [1.807, 2.05) is 0 Å². The topological polar surface area (TPSA) is 78.9 Å². The van der Waals surface area contributed by atoms with Gasteiger partial charge in [0, 0.05) is 12.0 Å². The molecular weight excluding hydrogens is 348 g/mol. The van der Waals surface area contributed by atoms with Gasteiger partial charge < -0.3 is 14.2 Å². The molecule has 0 amide bonds. The highest BCUT2D eigenvalue weighted by molar-refractivity contribution is 6.03. The summed E-state index contributed by atoms with van der Waals surface area (Å²) < 4.78 is 15.3. The van der Waals surface area contributed by atoms with Gasteiger partial charge >= 0.3 is 19.3 Å². The van der Waals surface area contributed by atoms with E-state index in [-0.39, 0.29) is 25.8 Å². The Balaban J connectivity index is 0.00000729. The predicted octanol–water partition coefficient (Wildman–Crippen LogP) is 4.20. The molecule has 1 aromatic carbocycles. The minimum Gasteiger partial charge on any atom is -0.462 e. The Morgan fingerprint density at radius 1 is 0.852 bits per heavy atom. The number of esters is 3. The van der Waals surface area contributed by atoms with Crippen molar-refractivity contribution in [3.8, 4) is 0 Å². The molecule has 0 N–H and O–H groups in total. The van der Waals surface area contributed by atoms with Crippen LogP contribution in [-0.2, 0) is 19.0 Å². The molecule has 0 bridgehead atoms. The third-order valence-electron chi connectivity index (χ3n) is 3.70. The van der Waals surface area contributed by atoms with Crippen molar-refractivity contribution in [2.75, 3.05) is 19.8 Å². The van der Waals surface area contributed by atoms with Crippen molar-refractivity contribution < 1.29 is 30.0 Å². The summed E-state index contributed by atoms with van der Waals surface area (Å²) in [5.74, 6) is -1.62. The number of rotatable bonds is 12. The Kier molecular flexibility index (Phi) is 10.5. The Morgan fingerprint density at radius 3 is 1.89 bits per heavy atom. The molecule has 0 saturated heterocycles. The molecule has 0 spiro atoms. The zero-order valence-corrected chi connectivity index (χ0v) is 16.1. The summed E-state index contributed by atoms with van der Waals surface area (Å²) in [6.07, 6.45) is 4.37. The zero-order valence-electron chi connectivity index (χ0n) is 17.1. The lowest BCUT2D eigenvalue weighted by atomic mass is 10.1. The van der Waals surface area contributed by atoms with E-state index in [1.165, 1.54) is 6.07 Å². The fourth-order valence-corrected chi connectivity index (χ4v) is 2.20. The van der Waals surface area contributed by atoms with E-state index in [1.54, 1.807) is 25.1 Å². The molecule has 1 rings (SSSR count).